The zero-order valence-corrected chi connectivity index (χ0v) is 16.7. The highest BCUT2D eigenvalue weighted by atomic mass is 35.5. The zero-order valence-electron chi connectivity index (χ0n) is 16.0. The number of ether oxygens (including phenoxy) is 1. The summed E-state index contributed by atoms with van der Waals surface area (Å²) in [5.74, 6) is -0.153. The number of aryl methyl sites for hydroxylation is 2. The van der Waals surface area contributed by atoms with Crippen molar-refractivity contribution < 1.29 is 13.5 Å². The predicted octanol–water partition coefficient (Wildman–Crippen LogP) is 6.45. The van der Waals surface area contributed by atoms with E-state index in [1.165, 1.54) is 12.1 Å². The molecule has 29 heavy (non-hydrogen) atoms. The van der Waals surface area contributed by atoms with E-state index in [2.05, 4.69) is 0 Å². The van der Waals surface area contributed by atoms with Crippen LogP contribution in [0, 0.1) is 19.7 Å². The Kier molecular flexibility index (Phi) is 5.12. The molecule has 0 fully saturated rings. The highest BCUT2D eigenvalue weighted by Crippen LogP contribution is 2.32. The maximum atomic E-state index is 14.2. The van der Waals surface area contributed by atoms with E-state index in [1.807, 2.05) is 50.2 Å². The van der Waals surface area contributed by atoms with E-state index in [4.69, 9.17) is 20.8 Å². The van der Waals surface area contributed by atoms with Gasteiger partial charge in [0.1, 0.15) is 18.0 Å². The Morgan fingerprint density at radius 2 is 1.72 bits per heavy atom. The van der Waals surface area contributed by atoms with Crippen molar-refractivity contribution in [1.29, 1.82) is 0 Å². The summed E-state index contributed by atoms with van der Waals surface area (Å²) in [7, 11) is 0. The molecular weight excluding hydrogens is 391 g/mol. The molecule has 0 amide bonds. The number of hydrogen-bond acceptors (Lipinski definition) is 3. The SMILES string of the molecule is Cc1ccc(-c2oc3cc(C)ccc3c(=O)c2OCc2c(F)cccc2Cl)cc1. The number of fused-ring (bicyclic) bond motifs is 1. The molecule has 4 aromatic rings. The van der Waals surface area contributed by atoms with Gasteiger partial charge in [0, 0.05) is 11.1 Å². The van der Waals surface area contributed by atoms with E-state index in [-0.39, 0.29) is 28.4 Å². The van der Waals surface area contributed by atoms with Gasteiger partial charge in [-0.25, -0.2) is 4.39 Å². The minimum atomic E-state index is -0.491. The molecule has 4 rings (SSSR count). The van der Waals surface area contributed by atoms with E-state index in [9.17, 15) is 9.18 Å². The fraction of sp³-hybridized carbons (Fsp3) is 0.125. The molecule has 0 radical (unpaired) electrons. The topological polar surface area (TPSA) is 39.4 Å². The Hall–Kier alpha value is -3.11. The lowest BCUT2D eigenvalue weighted by molar-refractivity contribution is 0.292. The van der Waals surface area contributed by atoms with Crippen LogP contribution in [0.1, 0.15) is 16.7 Å². The van der Waals surface area contributed by atoms with Gasteiger partial charge < -0.3 is 9.15 Å². The summed E-state index contributed by atoms with van der Waals surface area (Å²) < 4.78 is 26.0. The van der Waals surface area contributed by atoms with Crippen LogP contribution >= 0.6 is 11.6 Å². The zero-order chi connectivity index (χ0) is 20.5. The first-order chi connectivity index (χ1) is 13.9. The summed E-state index contributed by atoms with van der Waals surface area (Å²) in [6.45, 7) is 3.71. The van der Waals surface area contributed by atoms with Gasteiger partial charge in [0.05, 0.1) is 10.4 Å². The van der Waals surface area contributed by atoms with Crippen molar-refractivity contribution in [2.75, 3.05) is 0 Å². The first-order valence-corrected chi connectivity index (χ1v) is 9.52. The van der Waals surface area contributed by atoms with Crippen LogP contribution in [0.5, 0.6) is 5.75 Å². The molecule has 0 aliphatic rings. The quantitative estimate of drug-likeness (QED) is 0.389. The van der Waals surface area contributed by atoms with E-state index in [1.54, 1.807) is 12.1 Å². The third kappa shape index (κ3) is 3.76. The molecule has 3 nitrogen and oxygen atoms in total. The maximum absolute atomic E-state index is 14.2. The molecule has 0 saturated heterocycles. The Bertz CT molecular complexity index is 1240. The largest absolute Gasteiger partial charge is 0.481 e. The lowest BCUT2D eigenvalue weighted by Crippen LogP contribution is -2.11. The molecule has 1 aromatic heterocycles. The Labute approximate surface area is 172 Å². The number of hydrogen-bond donors (Lipinski definition) is 0. The Balaban J connectivity index is 1.87. The first-order valence-electron chi connectivity index (χ1n) is 9.14. The summed E-state index contributed by atoms with van der Waals surface area (Å²) in [5, 5.41) is 0.642. The molecule has 0 aliphatic heterocycles. The lowest BCUT2D eigenvalue weighted by atomic mass is 10.1. The van der Waals surface area contributed by atoms with E-state index in [0.29, 0.717) is 22.3 Å². The second-order valence-corrected chi connectivity index (χ2v) is 7.35. The fourth-order valence-electron chi connectivity index (χ4n) is 3.12. The van der Waals surface area contributed by atoms with Gasteiger partial charge in [-0.3, -0.25) is 4.79 Å². The summed E-state index contributed by atoms with van der Waals surface area (Å²) >= 11 is 6.10. The summed E-state index contributed by atoms with van der Waals surface area (Å²) in [6.07, 6.45) is 0. The number of halogens is 2. The molecule has 3 aromatic carbocycles. The molecular formula is C24H18ClFO3. The molecule has 0 bridgehead atoms. The van der Waals surface area contributed by atoms with Gasteiger partial charge in [0.25, 0.3) is 0 Å². The number of benzene rings is 3. The molecule has 0 N–H and O–H groups in total. The molecule has 0 spiro atoms. The van der Waals surface area contributed by atoms with Crippen molar-refractivity contribution in [2.24, 2.45) is 0 Å². The van der Waals surface area contributed by atoms with Gasteiger partial charge in [-0.1, -0.05) is 53.6 Å². The van der Waals surface area contributed by atoms with Crippen molar-refractivity contribution >= 4 is 22.6 Å². The van der Waals surface area contributed by atoms with Gasteiger partial charge in [-0.05, 0) is 43.7 Å². The minimum absolute atomic E-state index is 0.0320. The molecule has 146 valence electrons. The Morgan fingerprint density at radius 1 is 1.00 bits per heavy atom. The minimum Gasteiger partial charge on any atom is -0.481 e. The van der Waals surface area contributed by atoms with Gasteiger partial charge >= 0.3 is 0 Å². The van der Waals surface area contributed by atoms with Gasteiger partial charge in [-0.2, -0.15) is 0 Å². The van der Waals surface area contributed by atoms with Crippen molar-refractivity contribution in [2.45, 2.75) is 20.5 Å². The summed E-state index contributed by atoms with van der Waals surface area (Å²) in [4.78, 5) is 13.2. The van der Waals surface area contributed by atoms with Crippen LogP contribution < -0.4 is 10.2 Å². The lowest BCUT2D eigenvalue weighted by Gasteiger charge is -2.13. The molecule has 0 aliphatic carbocycles. The van der Waals surface area contributed by atoms with E-state index >= 15 is 0 Å². The summed E-state index contributed by atoms with van der Waals surface area (Å²) in [5.41, 5.74) is 3.10. The fourth-order valence-corrected chi connectivity index (χ4v) is 3.34. The maximum Gasteiger partial charge on any atom is 0.235 e. The van der Waals surface area contributed by atoms with Crippen molar-refractivity contribution in [3.63, 3.8) is 0 Å². The molecule has 0 atom stereocenters. The third-order valence-corrected chi connectivity index (χ3v) is 5.10. The van der Waals surface area contributed by atoms with Crippen LogP contribution in [0.3, 0.4) is 0 Å². The first kappa shape index (κ1) is 19.2. The van der Waals surface area contributed by atoms with Crippen LogP contribution in [-0.4, -0.2) is 0 Å². The molecule has 1 heterocycles. The van der Waals surface area contributed by atoms with Crippen molar-refractivity contribution in [3.05, 3.63) is 98.4 Å². The molecule has 5 heteroatoms. The highest BCUT2D eigenvalue weighted by Gasteiger charge is 2.19. The highest BCUT2D eigenvalue weighted by molar-refractivity contribution is 6.31. The number of rotatable bonds is 4. The second-order valence-electron chi connectivity index (χ2n) is 6.94. The van der Waals surface area contributed by atoms with Crippen LogP contribution in [0.25, 0.3) is 22.3 Å². The monoisotopic (exact) mass is 408 g/mol. The van der Waals surface area contributed by atoms with E-state index in [0.717, 1.165) is 11.1 Å². The summed E-state index contributed by atoms with van der Waals surface area (Å²) in [6, 6.07) is 17.3. The molecule has 0 saturated carbocycles. The second kappa shape index (κ2) is 7.72. The average molecular weight is 409 g/mol. The average Bonchev–Trinajstić information content (AvgIpc) is 2.69. The third-order valence-electron chi connectivity index (χ3n) is 4.74. The normalized spacial score (nSPS) is 11.0. The van der Waals surface area contributed by atoms with Crippen LogP contribution in [0.2, 0.25) is 5.02 Å². The van der Waals surface area contributed by atoms with Crippen LogP contribution in [0.4, 0.5) is 4.39 Å². The standard InChI is InChI=1S/C24H18ClFO3/c1-14-6-9-16(10-7-14)23-24(28-13-18-19(25)4-3-5-20(18)26)22(27)17-11-8-15(2)12-21(17)29-23/h3-12H,13H2,1-2H3. The van der Waals surface area contributed by atoms with Gasteiger partial charge in [-0.15, -0.1) is 0 Å². The van der Waals surface area contributed by atoms with Crippen molar-refractivity contribution in [3.8, 4) is 17.1 Å². The predicted molar refractivity (Wildman–Crippen MR) is 113 cm³/mol. The van der Waals surface area contributed by atoms with Crippen LogP contribution in [0.15, 0.2) is 69.9 Å². The van der Waals surface area contributed by atoms with E-state index < -0.39 is 5.82 Å². The van der Waals surface area contributed by atoms with Crippen molar-refractivity contribution in [1.82, 2.24) is 0 Å². The van der Waals surface area contributed by atoms with Crippen LogP contribution in [-0.2, 0) is 6.61 Å². The van der Waals surface area contributed by atoms with Gasteiger partial charge in [0.15, 0.2) is 5.76 Å². The molecule has 0 unspecified atom stereocenters. The Morgan fingerprint density at radius 3 is 2.45 bits per heavy atom. The smallest absolute Gasteiger partial charge is 0.235 e. The van der Waals surface area contributed by atoms with Gasteiger partial charge in [0.2, 0.25) is 11.2 Å².